The molecule has 3 atom stereocenters. The summed E-state index contributed by atoms with van der Waals surface area (Å²) < 4.78 is 6.74. The third kappa shape index (κ3) is 2.86. The van der Waals surface area contributed by atoms with Crippen LogP contribution in [0.5, 0.6) is 0 Å². The summed E-state index contributed by atoms with van der Waals surface area (Å²) in [6, 6.07) is 4.11. The van der Waals surface area contributed by atoms with Gasteiger partial charge in [-0.3, -0.25) is 0 Å². The zero-order valence-corrected chi connectivity index (χ0v) is 11.8. The zero-order valence-electron chi connectivity index (χ0n) is 9.36. The number of ether oxygens (including phenoxy) is 1. The fraction of sp³-hybridized carbons (Fsp3) is 0.667. The van der Waals surface area contributed by atoms with Crippen molar-refractivity contribution in [3.8, 4) is 0 Å². The van der Waals surface area contributed by atoms with Crippen LogP contribution in [0, 0.1) is 5.92 Å². The Morgan fingerprint density at radius 3 is 3.06 bits per heavy atom. The number of aliphatic hydroxyl groups is 1. The van der Waals surface area contributed by atoms with Gasteiger partial charge in [-0.15, -0.1) is 11.3 Å². The van der Waals surface area contributed by atoms with Crippen molar-refractivity contribution >= 4 is 27.3 Å². The molecule has 2 rings (SSSR count). The van der Waals surface area contributed by atoms with E-state index in [0.717, 1.165) is 29.7 Å². The van der Waals surface area contributed by atoms with Gasteiger partial charge < -0.3 is 9.84 Å². The molecule has 0 spiro atoms. The normalized spacial score (nSPS) is 27.2. The largest absolute Gasteiger partial charge is 0.392 e. The Labute approximate surface area is 109 Å². The molecule has 2 heterocycles. The van der Waals surface area contributed by atoms with Gasteiger partial charge in [0.15, 0.2) is 0 Å². The molecule has 90 valence electrons. The molecule has 4 heteroatoms. The van der Waals surface area contributed by atoms with Gasteiger partial charge in [-0.25, -0.2) is 0 Å². The number of hydrogen-bond acceptors (Lipinski definition) is 3. The van der Waals surface area contributed by atoms with E-state index in [2.05, 4.69) is 28.9 Å². The van der Waals surface area contributed by atoms with E-state index in [4.69, 9.17) is 4.74 Å². The summed E-state index contributed by atoms with van der Waals surface area (Å²) in [5.41, 5.74) is 0. The first-order chi connectivity index (χ1) is 7.70. The molecule has 1 fully saturated rings. The van der Waals surface area contributed by atoms with Crippen LogP contribution in [0.2, 0.25) is 0 Å². The van der Waals surface area contributed by atoms with Crippen molar-refractivity contribution in [2.75, 3.05) is 6.61 Å². The van der Waals surface area contributed by atoms with E-state index in [1.54, 1.807) is 11.3 Å². The number of halogens is 1. The van der Waals surface area contributed by atoms with Crippen LogP contribution in [0.1, 0.15) is 24.6 Å². The summed E-state index contributed by atoms with van der Waals surface area (Å²) in [4.78, 5) is 1.24. The molecule has 0 bridgehead atoms. The molecule has 0 radical (unpaired) electrons. The molecule has 16 heavy (non-hydrogen) atoms. The Kier molecular flexibility index (Phi) is 4.41. The second kappa shape index (κ2) is 5.63. The lowest BCUT2D eigenvalue weighted by Gasteiger charge is -2.22. The smallest absolute Gasteiger partial charge is 0.0701 e. The summed E-state index contributed by atoms with van der Waals surface area (Å²) in [6.45, 7) is 2.92. The van der Waals surface area contributed by atoms with Crippen LogP contribution in [0.15, 0.2) is 15.9 Å². The molecule has 1 aliphatic rings. The van der Waals surface area contributed by atoms with Gasteiger partial charge in [0.2, 0.25) is 0 Å². The van der Waals surface area contributed by atoms with Crippen molar-refractivity contribution in [3.05, 3.63) is 20.8 Å². The molecule has 0 saturated carbocycles. The molecular weight excluding hydrogens is 288 g/mol. The predicted octanol–water partition coefficient (Wildman–Crippen LogP) is 3.23. The number of hydrogen-bond donors (Lipinski definition) is 1. The molecule has 0 aliphatic carbocycles. The highest BCUT2D eigenvalue weighted by atomic mass is 79.9. The lowest BCUT2D eigenvalue weighted by Crippen LogP contribution is -2.29. The molecule has 1 aliphatic heterocycles. The third-order valence-electron chi connectivity index (χ3n) is 3.20. The molecule has 0 aromatic carbocycles. The van der Waals surface area contributed by atoms with Crippen LogP contribution < -0.4 is 0 Å². The van der Waals surface area contributed by atoms with E-state index >= 15 is 0 Å². The first-order valence-corrected chi connectivity index (χ1v) is 7.35. The monoisotopic (exact) mass is 304 g/mol. The minimum atomic E-state index is -0.266. The van der Waals surface area contributed by atoms with Crippen molar-refractivity contribution in [1.29, 1.82) is 0 Å². The van der Waals surface area contributed by atoms with Crippen molar-refractivity contribution in [3.63, 3.8) is 0 Å². The van der Waals surface area contributed by atoms with E-state index in [0.29, 0.717) is 5.92 Å². The standard InChI is InChI=1S/C12H17BrO2S/c1-2-11-9(5-6-15-11)10(14)7-8-3-4-12(13)16-8/h3-4,9-11,14H,2,5-7H2,1H3. The van der Waals surface area contributed by atoms with Crippen LogP contribution in [0.4, 0.5) is 0 Å². The Balaban J connectivity index is 1.94. The first-order valence-electron chi connectivity index (χ1n) is 5.74. The van der Waals surface area contributed by atoms with Crippen LogP contribution in [-0.4, -0.2) is 23.9 Å². The van der Waals surface area contributed by atoms with Crippen molar-refractivity contribution in [2.24, 2.45) is 5.92 Å². The second-order valence-corrected chi connectivity index (χ2v) is 6.79. The maximum Gasteiger partial charge on any atom is 0.0701 e. The van der Waals surface area contributed by atoms with Crippen LogP contribution in [-0.2, 0) is 11.2 Å². The molecule has 1 aromatic rings. The summed E-state index contributed by atoms with van der Waals surface area (Å²) in [7, 11) is 0. The minimum absolute atomic E-state index is 0.249. The molecule has 1 saturated heterocycles. The quantitative estimate of drug-likeness (QED) is 0.925. The third-order valence-corrected chi connectivity index (χ3v) is 4.84. The van der Waals surface area contributed by atoms with E-state index in [1.165, 1.54) is 4.88 Å². The lowest BCUT2D eigenvalue weighted by molar-refractivity contribution is 0.0321. The highest BCUT2D eigenvalue weighted by Crippen LogP contribution is 2.30. The summed E-state index contributed by atoms with van der Waals surface area (Å²) >= 11 is 5.14. The van der Waals surface area contributed by atoms with Crippen LogP contribution in [0.25, 0.3) is 0 Å². The molecule has 0 amide bonds. The molecule has 2 nitrogen and oxygen atoms in total. The van der Waals surface area contributed by atoms with E-state index < -0.39 is 0 Å². The minimum Gasteiger partial charge on any atom is -0.392 e. The van der Waals surface area contributed by atoms with Crippen molar-refractivity contribution < 1.29 is 9.84 Å². The molecule has 1 N–H and O–H groups in total. The van der Waals surface area contributed by atoms with Gasteiger partial charge in [-0.05, 0) is 40.9 Å². The van der Waals surface area contributed by atoms with Crippen LogP contribution >= 0.6 is 27.3 Å². The average Bonchev–Trinajstić information content (AvgIpc) is 2.86. The number of aliphatic hydroxyl groups excluding tert-OH is 1. The summed E-state index contributed by atoms with van der Waals surface area (Å²) in [6.07, 6.45) is 2.72. The fourth-order valence-electron chi connectivity index (χ4n) is 2.34. The van der Waals surface area contributed by atoms with Gasteiger partial charge in [0.05, 0.1) is 16.0 Å². The highest BCUT2D eigenvalue weighted by Gasteiger charge is 2.32. The van der Waals surface area contributed by atoms with E-state index in [9.17, 15) is 5.11 Å². The van der Waals surface area contributed by atoms with Crippen molar-refractivity contribution in [2.45, 2.75) is 38.4 Å². The Bertz CT molecular complexity index is 340. The van der Waals surface area contributed by atoms with Gasteiger partial charge in [0.25, 0.3) is 0 Å². The second-order valence-electron chi connectivity index (χ2n) is 4.25. The van der Waals surface area contributed by atoms with Gasteiger partial charge in [0.1, 0.15) is 0 Å². The maximum atomic E-state index is 10.2. The van der Waals surface area contributed by atoms with E-state index in [-0.39, 0.29) is 12.2 Å². The average molecular weight is 305 g/mol. The highest BCUT2D eigenvalue weighted by molar-refractivity contribution is 9.11. The van der Waals surface area contributed by atoms with Crippen molar-refractivity contribution in [1.82, 2.24) is 0 Å². The predicted molar refractivity (Wildman–Crippen MR) is 69.9 cm³/mol. The molecule has 1 aromatic heterocycles. The Hall–Kier alpha value is 0.1000. The summed E-state index contributed by atoms with van der Waals surface area (Å²) in [5, 5.41) is 10.2. The Morgan fingerprint density at radius 2 is 2.44 bits per heavy atom. The number of thiophene rings is 1. The Morgan fingerprint density at radius 1 is 1.62 bits per heavy atom. The SMILES string of the molecule is CCC1OCCC1C(O)Cc1ccc(Br)s1. The first kappa shape index (κ1) is 12.6. The summed E-state index contributed by atoms with van der Waals surface area (Å²) in [5.74, 6) is 0.311. The lowest BCUT2D eigenvalue weighted by atomic mass is 9.91. The molecule has 3 unspecified atom stereocenters. The van der Waals surface area contributed by atoms with Gasteiger partial charge >= 0.3 is 0 Å². The van der Waals surface area contributed by atoms with Gasteiger partial charge in [0, 0.05) is 23.8 Å². The number of rotatable bonds is 4. The van der Waals surface area contributed by atoms with Crippen LogP contribution in [0.3, 0.4) is 0 Å². The van der Waals surface area contributed by atoms with Gasteiger partial charge in [-0.1, -0.05) is 6.92 Å². The fourth-order valence-corrected chi connectivity index (χ4v) is 3.88. The zero-order chi connectivity index (χ0) is 11.5. The topological polar surface area (TPSA) is 29.5 Å². The van der Waals surface area contributed by atoms with E-state index in [1.807, 2.05) is 6.07 Å². The maximum absolute atomic E-state index is 10.2. The molecular formula is C12H17BrO2S. The van der Waals surface area contributed by atoms with Gasteiger partial charge in [-0.2, -0.15) is 0 Å².